The van der Waals surface area contributed by atoms with E-state index in [2.05, 4.69) is 11.8 Å². The number of amides is 2. The maximum Gasteiger partial charge on any atom is 0.490 e. The van der Waals surface area contributed by atoms with Crippen LogP contribution in [0.25, 0.3) is 0 Å². The van der Waals surface area contributed by atoms with Gasteiger partial charge in [0.1, 0.15) is 5.60 Å². The summed E-state index contributed by atoms with van der Waals surface area (Å²) >= 11 is 12.6. The number of hydrogen-bond acceptors (Lipinski definition) is 5. The maximum atomic E-state index is 13.2. The molecule has 1 N–H and O–H groups in total. The van der Waals surface area contributed by atoms with Crippen molar-refractivity contribution in [3.8, 4) is 0 Å². The number of nitrogens with zero attached hydrogens (tertiary/aromatic N) is 3. The number of aliphatic carboxylic acids is 1. The van der Waals surface area contributed by atoms with Crippen molar-refractivity contribution in [2.75, 3.05) is 39.3 Å². The predicted octanol–water partition coefficient (Wildman–Crippen LogP) is 7.90. The molecule has 13 heteroatoms. The molecule has 1 unspecified atom stereocenters. The van der Waals surface area contributed by atoms with Gasteiger partial charge in [-0.1, -0.05) is 68.3 Å². The highest BCUT2D eigenvalue weighted by atomic mass is 35.5. The second-order valence-electron chi connectivity index (χ2n) is 13.1. The normalized spacial score (nSPS) is 23.1. The van der Waals surface area contributed by atoms with Gasteiger partial charge in [0.2, 0.25) is 0 Å². The number of carbonyl (C=O) groups excluding carboxylic acids is 2. The van der Waals surface area contributed by atoms with Gasteiger partial charge in [-0.2, -0.15) is 13.2 Å². The minimum absolute atomic E-state index is 0.0766. The van der Waals surface area contributed by atoms with Gasteiger partial charge in [-0.3, -0.25) is 9.69 Å². The molecule has 0 bridgehead atoms. The molecular formula is C33H46Cl2F3N3O5. The van der Waals surface area contributed by atoms with Crippen LogP contribution in [0.5, 0.6) is 0 Å². The van der Waals surface area contributed by atoms with Crippen LogP contribution in [-0.2, 0) is 9.53 Å². The molecule has 1 aliphatic carbocycles. The molecule has 0 radical (unpaired) electrons. The van der Waals surface area contributed by atoms with E-state index in [0.29, 0.717) is 46.6 Å². The first kappa shape index (κ1) is 36.6. The molecule has 5 rings (SSSR count). The Morgan fingerprint density at radius 1 is 1.00 bits per heavy atom. The third-order valence-corrected chi connectivity index (χ3v) is 10.8. The van der Waals surface area contributed by atoms with E-state index in [1.54, 1.807) is 18.2 Å². The third-order valence-electron chi connectivity index (χ3n) is 10.2. The van der Waals surface area contributed by atoms with Gasteiger partial charge in [-0.05, 0) is 50.2 Å². The number of halogens is 5. The van der Waals surface area contributed by atoms with Crippen LogP contribution in [0, 0.1) is 11.8 Å². The molecule has 3 saturated heterocycles. The minimum Gasteiger partial charge on any atom is -0.475 e. The zero-order valence-electron chi connectivity index (χ0n) is 26.5. The molecule has 0 aromatic heterocycles. The summed E-state index contributed by atoms with van der Waals surface area (Å²) in [5.74, 6) is -1.78. The number of rotatable bonds is 7. The van der Waals surface area contributed by atoms with Gasteiger partial charge >= 0.3 is 18.2 Å². The number of carbonyl (C=O) groups is 3. The van der Waals surface area contributed by atoms with Crippen LogP contribution in [0.3, 0.4) is 0 Å². The fraction of sp³-hybridized carbons (Fsp3) is 0.727. The highest BCUT2D eigenvalue weighted by Crippen LogP contribution is 2.42. The quantitative estimate of drug-likeness (QED) is 0.313. The molecule has 2 amide bonds. The second kappa shape index (κ2) is 16.2. The number of benzene rings is 1. The van der Waals surface area contributed by atoms with Crippen LogP contribution in [0.4, 0.5) is 18.0 Å². The Kier molecular flexibility index (Phi) is 12.9. The first-order valence-corrected chi connectivity index (χ1v) is 17.4. The number of likely N-dealkylation sites (tertiary alicyclic amines) is 2. The molecule has 3 heterocycles. The predicted molar refractivity (Wildman–Crippen MR) is 170 cm³/mol. The lowest BCUT2D eigenvalue weighted by Crippen LogP contribution is -2.61. The summed E-state index contributed by atoms with van der Waals surface area (Å²) in [5, 5.41) is 7.95. The molecule has 46 heavy (non-hydrogen) atoms. The van der Waals surface area contributed by atoms with E-state index in [1.807, 2.05) is 9.80 Å². The molecule has 8 nitrogen and oxygen atoms in total. The van der Waals surface area contributed by atoms with Crippen LogP contribution < -0.4 is 0 Å². The molecule has 4 fully saturated rings. The summed E-state index contributed by atoms with van der Waals surface area (Å²) in [7, 11) is 0. The molecule has 1 aromatic rings. The standard InChI is InChI=1S/C31H45Cl2N3O3.C2HF3O2/c1-2-3-10-24-22-36(21-23-8-5-4-6-9-23)30(38)39-31(24)15-19-34(20-16-31)25-13-17-35(18-14-25)29(37)28-26(32)11-7-12-27(28)33;3-2(4,5)1(6)7/h7,11-12,23-25H,2-6,8-10,13-22H2,1H3;(H,6,7). The summed E-state index contributed by atoms with van der Waals surface area (Å²) < 4.78 is 38.2. The molecule has 4 aliphatic rings. The third kappa shape index (κ3) is 9.22. The van der Waals surface area contributed by atoms with Gasteiger partial charge in [-0.25, -0.2) is 9.59 Å². The van der Waals surface area contributed by atoms with Crippen LogP contribution >= 0.6 is 23.2 Å². The molecule has 1 saturated carbocycles. The van der Waals surface area contributed by atoms with Gasteiger partial charge in [0.25, 0.3) is 5.91 Å². The number of ether oxygens (including phenoxy) is 1. The zero-order chi connectivity index (χ0) is 33.5. The van der Waals surface area contributed by atoms with E-state index in [0.717, 1.165) is 58.3 Å². The van der Waals surface area contributed by atoms with Gasteiger partial charge in [0.15, 0.2) is 0 Å². The van der Waals surface area contributed by atoms with Crippen molar-refractivity contribution < 1.29 is 37.4 Å². The number of alkyl halides is 3. The molecule has 1 spiro atoms. The van der Waals surface area contributed by atoms with E-state index in [9.17, 15) is 22.8 Å². The van der Waals surface area contributed by atoms with Crippen molar-refractivity contribution in [3.05, 3.63) is 33.8 Å². The number of carboxylic acids is 1. The fourth-order valence-electron chi connectivity index (χ4n) is 7.54. The van der Waals surface area contributed by atoms with Gasteiger partial charge in [0, 0.05) is 64.1 Å². The summed E-state index contributed by atoms with van der Waals surface area (Å²) in [6.07, 6.45) is 8.48. The van der Waals surface area contributed by atoms with Crippen molar-refractivity contribution in [2.24, 2.45) is 11.8 Å². The van der Waals surface area contributed by atoms with Gasteiger partial charge < -0.3 is 19.6 Å². The lowest BCUT2D eigenvalue weighted by molar-refractivity contribution is -0.192. The Bertz CT molecular complexity index is 1180. The highest BCUT2D eigenvalue weighted by molar-refractivity contribution is 6.39. The molecular weight excluding hydrogens is 646 g/mol. The Morgan fingerprint density at radius 2 is 1.59 bits per heavy atom. The molecule has 3 aliphatic heterocycles. The lowest BCUT2D eigenvalue weighted by atomic mass is 9.75. The number of carboxylic acid groups (broad SMARTS) is 1. The summed E-state index contributed by atoms with van der Waals surface area (Å²) in [6.45, 7) is 7.30. The highest BCUT2D eigenvalue weighted by Gasteiger charge is 2.50. The minimum atomic E-state index is -5.08. The van der Waals surface area contributed by atoms with Crippen molar-refractivity contribution in [2.45, 2.75) is 102 Å². The van der Waals surface area contributed by atoms with E-state index >= 15 is 0 Å². The summed E-state index contributed by atoms with van der Waals surface area (Å²) in [4.78, 5) is 41.8. The number of hydrogen-bond donors (Lipinski definition) is 1. The fourth-order valence-corrected chi connectivity index (χ4v) is 8.10. The van der Waals surface area contributed by atoms with Crippen LogP contribution in [-0.4, -0.2) is 94.9 Å². The molecule has 258 valence electrons. The van der Waals surface area contributed by atoms with Gasteiger partial charge in [0.05, 0.1) is 15.6 Å². The van der Waals surface area contributed by atoms with E-state index in [1.165, 1.54) is 44.9 Å². The van der Waals surface area contributed by atoms with Crippen molar-refractivity contribution in [3.63, 3.8) is 0 Å². The van der Waals surface area contributed by atoms with Gasteiger partial charge in [-0.15, -0.1) is 0 Å². The largest absolute Gasteiger partial charge is 0.490 e. The Labute approximate surface area is 279 Å². The van der Waals surface area contributed by atoms with Crippen molar-refractivity contribution >= 4 is 41.2 Å². The molecule has 1 atom stereocenters. The Morgan fingerprint density at radius 3 is 2.13 bits per heavy atom. The SMILES string of the molecule is CCCCC1CN(CC2CCCCC2)C(=O)OC12CCN(C1CCN(C(=O)c3c(Cl)cccc3Cl)CC1)CC2.O=C(O)C(F)(F)F. The van der Waals surface area contributed by atoms with Crippen LogP contribution in [0.2, 0.25) is 10.0 Å². The number of unbranched alkanes of at least 4 members (excludes halogenated alkanes) is 1. The lowest BCUT2D eigenvalue weighted by Gasteiger charge is -2.52. The number of piperidine rings is 2. The van der Waals surface area contributed by atoms with Crippen molar-refractivity contribution in [1.82, 2.24) is 14.7 Å². The van der Waals surface area contributed by atoms with E-state index in [-0.39, 0.29) is 17.6 Å². The average Bonchev–Trinajstić information content (AvgIpc) is 3.02. The van der Waals surface area contributed by atoms with E-state index < -0.39 is 12.1 Å². The van der Waals surface area contributed by atoms with E-state index in [4.69, 9.17) is 37.8 Å². The first-order chi connectivity index (χ1) is 21.8. The van der Waals surface area contributed by atoms with Crippen LogP contribution in [0.1, 0.15) is 94.3 Å². The topological polar surface area (TPSA) is 90.4 Å². The van der Waals surface area contributed by atoms with Crippen LogP contribution in [0.15, 0.2) is 18.2 Å². The molecule has 1 aromatic carbocycles. The Hall–Kier alpha value is -2.24. The summed E-state index contributed by atoms with van der Waals surface area (Å²) in [6, 6.07) is 5.65. The Balaban J connectivity index is 0.000000617. The average molecular weight is 693 g/mol. The van der Waals surface area contributed by atoms with Crippen molar-refractivity contribution in [1.29, 1.82) is 0 Å². The maximum absolute atomic E-state index is 13.2. The first-order valence-electron chi connectivity index (χ1n) is 16.6. The zero-order valence-corrected chi connectivity index (χ0v) is 28.0. The second-order valence-corrected chi connectivity index (χ2v) is 14.0. The monoisotopic (exact) mass is 691 g/mol. The smallest absolute Gasteiger partial charge is 0.475 e. The summed E-state index contributed by atoms with van der Waals surface area (Å²) in [5.41, 5.74) is 0.0949.